The minimum atomic E-state index is -0.223. The van der Waals surface area contributed by atoms with Crippen LogP contribution in [0.3, 0.4) is 0 Å². The Hall–Kier alpha value is -2.34. The second-order valence-corrected chi connectivity index (χ2v) is 4.01. The molecule has 0 aliphatic carbocycles. The molecule has 18 heavy (non-hydrogen) atoms. The van der Waals surface area contributed by atoms with Crippen LogP contribution >= 0.6 is 0 Å². The molecular weight excluding hydrogens is 227 g/mol. The first-order valence-corrected chi connectivity index (χ1v) is 5.72. The van der Waals surface area contributed by atoms with Crippen molar-refractivity contribution in [1.29, 1.82) is 5.26 Å². The SMILES string of the molecule is N#CCc1ccc(NCc2ccc(F)cc2)cc1. The van der Waals surface area contributed by atoms with Crippen molar-refractivity contribution >= 4 is 5.69 Å². The van der Waals surface area contributed by atoms with Crippen molar-refractivity contribution in [2.45, 2.75) is 13.0 Å². The van der Waals surface area contributed by atoms with Gasteiger partial charge in [-0.05, 0) is 35.4 Å². The van der Waals surface area contributed by atoms with E-state index in [0.717, 1.165) is 16.8 Å². The molecule has 0 saturated carbocycles. The van der Waals surface area contributed by atoms with Crippen molar-refractivity contribution in [2.24, 2.45) is 0 Å². The van der Waals surface area contributed by atoms with Gasteiger partial charge >= 0.3 is 0 Å². The van der Waals surface area contributed by atoms with Gasteiger partial charge in [-0.3, -0.25) is 0 Å². The molecule has 0 spiro atoms. The summed E-state index contributed by atoms with van der Waals surface area (Å²) in [6.07, 6.45) is 0.429. The lowest BCUT2D eigenvalue weighted by atomic mass is 10.1. The molecule has 0 radical (unpaired) electrons. The number of nitriles is 1. The third-order valence-electron chi connectivity index (χ3n) is 2.65. The highest BCUT2D eigenvalue weighted by Crippen LogP contribution is 2.12. The van der Waals surface area contributed by atoms with Gasteiger partial charge in [0.05, 0.1) is 12.5 Å². The molecule has 0 aromatic heterocycles. The first kappa shape index (κ1) is 12.1. The summed E-state index contributed by atoms with van der Waals surface area (Å²) in [4.78, 5) is 0. The second-order valence-electron chi connectivity index (χ2n) is 4.01. The van der Waals surface area contributed by atoms with E-state index in [4.69, 9.17) is 5.26 Å². The molecule has 2 aromatic rings. The van der Waals surface area contributed by atoms with Crippen molar-refractivity contribution < 1.29 is 4.39 Å². The molecule has 0 saturated heterocycles. The van der Waals surface area contributed by atoms with Gasteiger partial charge in [-0.25, -0.2) is 4.39 Å². The number of nitrogens with zero attached hydrogens (tertiary/aromatic N) is 1. The van der Waals surface area contributed by atoms with E-state index in [9.17, 15) is 4.39 Å². The molecule has 0 amide bonds. The van der Waals surface area contributed by atoms with Crippen molar-refractivity contribution in [3.8, 4) is 6.07 Å². The Morgan fingerprint density at radius 2 is 1.56 bits per heavy atom. The lowest BCUT2D eigenvalue weighted by Crippen LogP contribution is -1.99. The Morgan fingerprint density at radius 1 is 0.944 bits per heavy atom. The summed E-state index contributed by atoms with van der Waals surface area (Å²) < 4.78 is 12.7. The highest BCUT2D eigenvalue weighted by atomic mass is 19.1. The van der Waals surface area contributed by atoms with Crippen LogP contribution in [0.2, 0.25) is 0 Å². The van der Waals surface area contributed by atoms with Crippen LogP contribution in [-0.2, 0) is 13.0 Å². The van der Waals surface area contributed by atoms with Crippen LogP contribution in [0, 0.1) is 17.1 Å². The maximum absolute atomic E-state index is 12.7. The van der Waals surface area contributed by atoms with E-state index in [-0.39, 0.29) is 5.82 Å². The summed E-state index contributed by atoms with van der Waals surface area (Å²) in [7, 11) is 0. The van der Waals surface area contributed by atoms with Gasteiger partial charge in [-0.15, -0.1) is 0 Å². The third-order valence-corrected chi connectivity index (χ3v) is 2.65. The van der Waals surface area contributed by atoms with Gasteiger partial charge in [0.1, 0.15) is 5.82 Å². The Morgan fingerprint density at radius 3 is 2.17 bits per heavy atom. The molecular formula is C15H13FN2. The van der Waals surface area contributed by atoms with Crippen molar-refractivity contribution in [1.82, 2.24) is 0 Å². The summed E-state index contributed by atoms with van der Waals surface area (Å²) in [5.41, 5.74) is 3.02. The summed E-state index contributed by atoms with van der Waals surface area (Å²) in [6.45, 7) is 0.651. The number of halogens is 1. The number of hydrogen-bond donors (Lipinski definition) is 1. The first-order valence-electron chi connectivity index (χ1n) is 5.72. The summed E-state index contributed by atoms with van der Waals surface area (Å²) in [6, 6.07) is 16.3. The van der Waals surface area contributed by atoms with E-state index < -0.39 is 0 Å². The Balaban J connectivity index is 1.94. The normalized spacial score (nSPS) is 9.78. The average Bonchev–Trinajstić information content (AvgIpc) is 2.40. The summed E-state index contributed by atoms with van der Waals surface area (Å²) in [5, 5.41) is 11.8. The molecule has 2 rings (SSSR count). The van der Waals surface area contributed by atoms with Crippen LogP contribution in [0.4, 0.5) is 10.1 Å². The van der Waals surface area contributed by atoms with Gasteiger partial charge in [0, 0.05) is 12.2 Å². The molecule has 0 bridgehead atoms. The monoisotopic (exact) mass is 240 g/mol. The van der Waals surface area contributed by atoms with Crippen LogP contribution in [0.5, 0.6) is 0 Å². The number of anilines is 1. The minimum absolute atomic E-state index is 0.223. The fourth-order valence-corrected chi connectivity index (χ4v) is 1.64. The Labute approximate surface area is 106 Å². The Kier molecular flexibility index (Phi) is 3.93. The van der Waals surface area contributed by atoms with Gasteiger partial charge in [-0.1, -0.05) is 24.3 Å². The van der Waals surface area contributed by atoms with E-state index >= 15 is 0 Å². The van der Waals surface area contributed by atoms with E-state index in [1.165, 1.54) is 12.1 Å². The van der Waals surface area contributed by atoms with Crippen LogP contribution < -0.4 is 5.32 Å². The van der Waals surface area contributed by atoms with E-state index in [2.05, 4.69) is 11.4 Å². The molecule has 90 valence electrons. The van der Waals surface area contributed by atoms with Crippen molar-refractivity contribution in [2.75, 3.05) is 5.32 Å². The molecule has 0 aliphatic heterocycles. The predicted octanol–water partition coefficient (Wildman–Crippen LogP) is 3.50. The topological polar surface area (TPSA) is 35.8 Å². The fraction of sp³-hybridized carbons (Fsp3) is 0.133. The quantitative estimate of drug-likeness (QED) is 0.887. The maximum atomic E-state index is 12.7. The zero-order valence-corrected chi connectivity index (χ0v) is 9.86. The van der Waals surface area contributed by atoms with Gasteiger partial charge in [0.15, 0.2) is 0 Å². The zero-order valence-electron chi connectivity index (χ0n) is 9.86. The number of rotatable bonds is 4. The molecule has 0 aliphatic rings. The zero-order chi connectivity index (χ0) is 12.8. The van der Waals surface area contributed by atoms with Gasteiger partial charge in [0.2, 0.25) is 0 Å². The number of hydrogen-bond acceptors (Lipinski definition) is 2. The molecule has 0 unspecified atom stereocenters. The average molecular weight is 240 g/mol. The number of nitrogens with one attached hydrogen (secondary N) is 1. The van der Waals surface area contributed by atoms with Crippen LogP contribution in [0.15, 0.2) is 48.5 Å². The van der Waals surface area contributed by atoms with Crippen LogP contribution in [0.1, 0.15) is 11.1 Å². The lowest BCUT2D eigenvalue weighted by Gasteiger charge is -2.07. The van der Waals surface area contributed by atoms with Gasteiger partial charge in [-0.2, -0.15) is 5.26 Å². The molecule has 0 atom stereocenters. The third kappa shape index (κ3) is 3.33. The fourth-order valence-electron chi connectivity index (χ4n) is 1.64. The van der Waals surface area contributed by atoms with Crippen molar-refractivity contribution in [3.05, 3.63) is 65.5 Å². The summed E-state index contributed by atoms with van der Waals surface area (Å²) in [5.74, 6) is -0.223. The minimum Gasteiger partial charge on any atom is -0.381 e. The van der Waals surface area contributed by atoms with E-state index in [1.54, 1.807) is 12.1 Å². The van der Waals surface area contributed by atoms with E-state index in [0.29, 0.717) is 13.0 Å². The molecule has 3 heteroatoms. The largest absolute Gasteiger partial charge is 0.381 e. The Bertz CT molecular complexity index is 538. The van der Waals surface area contributed by atoms with Crippen LogP contribution in [-0.4, -0.2) is 0 Å². The number of benzene rings is 2. The second kappa shape index (κ2) is 5.83. The highest BCUT2D eigenvalue weighted by Gasteiger charge is 1.96. The molecule has 0 heterocycles. The van der Waals surface area contributed by atoms with Crippen LogP contribution in [0.25, 0.3) is 0 Å². The standard InChI is InChI=1S/C15H13FN2/c16-14-5-1-13(2-6-14)11-18-15-7-3-12(4-8-15)9-10-17/h1-8,18H,9,11H2. The molecule has 0 fully saturated rings. The van der Waals surface area contributed by atoms with Crippen molar-refractivity contribution in [3.63, 3.8) is 0 Å². The lowest BCUT2D eigenvalue weighted by molar-refractivity contribution is 0.627. The summed E-state index contributed by atoms with van der Waals surface area (Å²) >= 11 is 0. The molecule has 2 nitrogen and oxygen atoms in total. The van der Waals surface area contributed by atoms with Gasteiger partial charge < -0.3 is 5.32 Å². The maximum Gasteiger partial charge on any atom is 0.123 e. The van der Waals surface area contributed by atoms with E-state index in [1.807, 2.05) is 24.3 Å². The molecule has 1 N–H and O–H groups in total. The van der Waals surface area contributed by atoms with Gasteiger partial charge in [0.25, 0.3) is 0 Å². The predicted molar refractivity (Wildman–Crippen MR) is 69.5 cm³/mol. The first-order chi connectivity index (χ1) is 8.78. The smallest absolute Gasteiger partial charge is 0.123 e. The molecule has 2 aromatic carbocycles. The highest BCUT2D eigenvalue weighted by molar-refractivity contribution is 5.45.